The van der Waals surface area contributed by atoms with E-state index in [-0.39, 0.29) is 31.7 Å². The van der Waals surface area contributed by atoms with Crippen LogP contribution in [0.2, 0.25) is 0 Å². The first-order valence-corrected chi connectivity index (χ1v) is 10.2. The van der Waals surface area contributed by atoms with Crippen molar-refractivity contribution >= 4 is 5.97 Å². The Morgan fingerprint density at radius 2 is 1.83 bits per heavy atom. The molecule has 2 aromatic carbocycles. The summed E-state index contributed by atoms with van der Waals surface area (Å²) >= 11 is 0. The van der Waals surface area contributed by atoms with Crippen LogP contribution in [-0.2, 0) is 27.9 Å². The minimum Gasteiger partial charge on any atom is -0.461 e. The lowest BCUT2D eigenvalue weighted by atomic mass is 9.60. The molecule has 7 nitrogen and oxygen atoms in total. The van der Waals surface area contributed by atoms with E-state index in [0.29, 0.717) is 13.0 Å². The van der Waals surface area contributed by atoms with Crippen molar-refractivity contribution in [1.29, 1.82) is 0 Å². The van der Waals surface area contributed by atoms with Gasteiger partial charge in [-0.2, -0.15) is 0 Å². The topological polar surface area (TPSA) is 66.5 Å². The lowest BCUT2D eigenvalue weighted by Crippen LogP contribution is -2.56. The average Bonchev–Trinajstić information content (AvgIpc) is 3.35. The molecule has 0 unspecified atom stereocenters. The van der Waals surface area contributed by atoms with Crippen molar-refractivity contribution in [3.63, 3.8) is 0 Å². The number of hydrogen-bond donors (Lipinski definition) is 0. The van der Waals surface area contributed by atoms with Crippen LogP contribution in [0.3, 0.4) is 0 Å². The molecule has 6 rings (SSSR count). The molecule has 156 valence electrons. The van der Waals surface area contributed by atoms with Crippen LogP contribution in [0.25, 0.3) is 0 Å². The molecule has 7 heteroatoms. The highest BCUT2D eigenvalue weighted by Gasteiger charge is 2.55. The Morgan fingerprint density at radius 3 is 2.63 bits per heavy atom. The second-order valence-corrected chi connectivity index (χ2v) is 8.63. The zero-order valence-electron chi connectivity index (χ0n) is 17.2. The van der Waals surface area contributed by atoms with Crippen LogP contribution in [-0.4, -0.2) is 37.6 Å². The first-order chi connectivity index (χ1) is 14.5. The molecule has 2 aromatic rings. The van der Waals surface area contributed by atoms with E-state index in [4.69, 9.17) is 23.7 Å². The summed E-state index contributed by atoms with van der Waals surface area (Å²) in [5.74, 6) is 2.82. The summed E-state index contributed by atoms with van der Waals surface area (Å²) < 4.78 is 28.7. The normalized spacial score (nSPS) is 27.8. The summed E-state index contributed by atoms with van der Waals surface area (Å²) in [6.45, 7) is 4.84. The van der Waals surface area contributed by atoms with Gasteiger partial charge >= 0.3 is 5.97 Å². The van der Waals surface area contributed by atoms with Gasteiger partial charge in [0.25, 0.3) is 0 Å². The van der Waals surface area contributed by atoms with E-state index < -0.39 is 5.41 Å². The van der Waals surface area contributed by atoms with Crippen LogP contribution in [0.4, 0.5) is 0 Å². The van der Waals surface area contributed by atoms with Gasteiger partial charge in [0.2, 0.25) is 13.6 Å². The average molecular weight is 409 g/mol. The molecule has 4 aliphatic rings. The van der Waals surface area contributed by atoms with E-state index in [0.717, 1.165) is 39.7 Å². The van der Waals surface area contributed by atoms with Crippen molar-refractivity contribution in [2.75, 3.05) is 20.6 Å². The van der Waals surface area contributed by atoms with Gasteiger partial charge in [0.05, 0.1) is 5.41 Å². The second kappa shape index (κ2) is 6.04. The third-order valence-corrected chi connectivity index (χ3v) is 6.95. The van der Waals surface area contributed by atoms with Crippen molar-refractivity contribution < 1.29 is 28.5 Å². The molecule has 0 radical (unpaired) electrons. The summed E-state index contributed by atoms with van der Waals surface area (Å²) in [7, 11) is 2.10. The number of esters is 1. The Labute approximate surface area is 174 Å². The maximum atomic E-state index is 12.1. The zero-order chi connectivity index (χ0) is 20.6. The van der Waals surface area contributed by atoms with Crippen LogP contribution in [0.5, 0.6) is 23.0 Å². The maximum Gasteiger partial charge on any atom is 0.302 e. The minimum atomic E-state index is -0.463. The molecule has 1 aliphatic carbocycles. The third kappa shape index (κ3) is 2.27. The number of rotatable bonds is 1. The van der Waals surface area contributed by atoms with Gasteiger partial charge in [-0.15, -0.1) is 0 Å². The first-order valence-electron chi connectivity index (χ1n) is 10.2. The Bertz CT molecular complexity index is 1080. The van der Waals surface area contributed by atoms with Crippen molar-refractivity contribution in [1.82, 2.24) is 4.90 Å². The number of carbonyl (C=O) groups excluding carboxylic acids is 1. The molecule has 0 aromatic heterocycles. The largest absolute Gasteiger partial charge is 0.461 e. The van der Waals surface area contributed by atoms with Crippen molar-refractivity contribution in [2.24, 2.45) is 0 Å². The van der Waals surface area contributed by atoms with E-state index in [1.54, 1.807) is 0 Å². The highest BCUT2D eigenvalue weighted by molar-refractivity contribution is 5.67. The lowest BCUT2D eigenvalue weighted by molar-refractivity contribution is -0.153. The summed E-state index contributed by atoms with van der Waals surface area (Å²) in [4.78, 5) is 14.4. The van der Waals surface area contributed by atoms with E-state index in [1.165, 1.54) is 12.5 Å². The van der Waals surface area contributed by atoms with E-state index in [2.05, 4.69) is 31.0 Å². The van der Waals surface area contributed by atoms with Gasteiger partial charge in [0.1, 0.15) is 6.10 Å². The number of benzene rings is 2. The van der Waals surface area contributed by atoms with Gasteiger partial charge in [-0.05, 0) is 41.9 Å². The molecule has 0 bridgehead atoms. The summed E-state index contributed by atoms with van der Waals surface area (Å²) in [5, 5.41) is 0. The number of likely N-dealkylation sites (N-methyl/N-ethyl adjacent to an activating group) is 1. The van der Waals surface area contributed by atoms with Crippen molar-refractivity contribution in [2.45, 2.75) is 44.4 Å². The fraction of sp³-hybridized carbons (Fsp3) is 0.435. The highest BCUT2D eigenvalue weighted by Crippen LogP contribution is 2.57. The molecule has 0 fully saturated rings. The Morgan fingerprint density at radius 1 is 1.10 bits per heavy atom. The molecular weight excluding hydrogens is 386 g/mol. The number of nitrogens with zero attached hydrogens (tertiary/aromatic N) is 1. The quantitative estimate of drug-likeness (QED) is 0.671. The number of fused-ring (bicyclic) bond motifs is 8. The van der Waals surface area contributed by atoms with Crippen molar-refractivity contribution in [3.05, 3.63) is 46.5 Å². The minimum absolute atomic E-state index is 0.00738. The molecule has 0 spiro atoms. The molecule has 0 amide bonds. The molecule has 3 atom stereocenters. The molecule has 0 N–H and O–H groups in total. The van der Waals surface area contributed by atoms with Crippen LogP contribution < -0.4 is 18.9 Å². The van der Waals surface area contributed by atoms with Gasteiger partial charge in [-0.1, -0.05) is 13.0 Å². The monoisotopic (exact) mass is 409 g/mol. The SMILES string of the molecule is CC(=O)O[C@@H]1Cc2cc3c(cc2[C@@H]2N(C)Cc4c(ccc5c4OCO5)[C@]21C)OCO3. The van der Waals surface area contributed by atoms with Gasteiger partial charge in [0, 0.05) is 31.5 Å². The lowest BCUT2D eigenvalue weighted by Gasteiger charge is -2.54. The molecule has 30 heavy (non-hydrogen) atoms. The smallest absolute Gasteiger partial charge is 0.302 e. The van der Waals surface area contributed by atoms with Crippen LogP contribution in [0.1, 0.15) is 42.1 Å². The van der Waals surface area contributed by atoms with Gasteiger partial charge in [-0.3, -0.25) is 9.69 Å². The third-order valence-electron chi connectivity index (χ3n) is 6.95. The summed E-state index contributed by atoms with van der Waals surface area (Å²) in [6.07, 6.45) is 0.287. The van der Waals surface area contributed by atoms with Gasteiger partial charge < -0.3 is 23.7 Å². The molecule has 3 aliphatic heterocycles. The Kier molecular flexibility index (Phi) is 3.60. The maximum absolute atomic E-state index is 12.1. The molecule has 0 saturated heterocycles. The molecular formula is C23H23NO6. The van der Waals surface area contributed by atoms with Crippen LogP contribution in [0.15, 0.2) is 24.3 Å². The molecule has 0 saturated carbocycles. The fourth-order valence-corrected chi connectivity index (χ4v) is 5.75. The second-order valence-electron chi connectivity index (χ2n) is 8.63. The van der Waals surface area contributed by atoms with Gasteiger partial charge in [-0.25, -0.2) is 0 Å². The van der Waals surface area contributed by atoms with Crippen LogP contribution in [0, 0.1) is 0 Å². The van der Waals surface area contributed by atoms with E-state index in [9.17, 15) is 4.79 Å². The van der Waals surface area contributed by atoms with E-state index >= 15 is 0 Å². The fourth-order valence-electron chi connectivity index (χ4n) is 5.75. The van der Waals surface area contributed by atoms with E-state index in [1.807, 2.05) is 12.1 Å². The first kappa shape index (κ1) is 17.9. The zero-order valence-corrected chi connectivity index (χ0v) is 17.2. The van der Waals surface area contributed by atoms with Gasteiger partial charge in [0.15, 0.2) is 23.0 Å². The highest BCUT2D eigenvalue weighted by atomic mass is 16.7. The number of ether oxygens (including phenoxy) is 5. The van der Waals surface area contributed by atoms with Crippen LogP contribution >= 0.6 is 0 Å². The summed E-state index contributed by atoms with van der Waals surface area (Å²) in [5.41, 5.74) is 4.10. The predicted octanol–water partition coefficient (Wildman–Crippen LogP) is 3.08. The standard InChI is InChI=1S/C23H23NO6/c1-12(25)30-20-7-13-6-18-19(28-10-27-18)8-14(13)22-23(20,2)16-4-5-17-21(29-11-26-17)15(16)9-24(22)3/h4-6,8,20,22H,7,9-11H2,1-3H3/t20-,22+,23+/m1/s1. The number of hydrogen-bond acceptors (Lipinski definition) is 7. The predicted molar refractivity (Wildman–Crippen MR) is 106 cm³/mol. The molecule has 3 heterocycles. The summed E-state index contributed by atoms with van der Waals surface area (Å²) in [6, 6.07) is 8.22. The number of carbonyl (C=O) groups is 1. The van der Waals surface area contributed by atoms with Crippen molar-refractivity contribution in [3.8, 4) is 23.0 Å². The Balaban J connectivity index is 1.59. The Hall–Kier alpha value is -2.93.